The normalized spacial score (nSPS) is 17.6. The minimum absolute atomic E-state index is 0.156. The van der Waals surface area contributed by atoms with Gasteiger partial charge in [0.1, 0.15) is 0 Å². The zero-order valence-corrected chi connectivity index (χ0v) is 15.7. The summed E-state index contributed by atoms with van der Waals surface area (Å²) < 4.78 is 29.1. The lowest BCUT2D eigenvalue weighted by molar-refractivity contribution is 0.579. The second-order valence-electron chi connectivity index (χ2n) is 5.91. The number of benzene rings is 2. The van der Waals surface area contributed by atoms with E-state index >= 15 is 0 Å². The number of rotatable bonds is 2. The molecule has 0 aliphatic carbocycles. The standard InChI is InChI=1S/C17H19BrN2O2S/c1-11-5-4-6-15-17(11)20(13(3)10-19-15)23(21,22)16-8-7-14(18)9-12(16)2/h4-9,13,19H,10H2,1-3H3. The second kappa shape index (κ2) is 5.83. The summed E-state index contributed by atoms with van der Waals surface area (Å²) in [5, 5.41) is 3.32. The Morgan fingerprint density at radius 3 is 2.61 bits per heavy atom. The van der Waals surface area contributed by atoms with Crippen LogP contribution in [0.2, 0.25) is 0 Å². The Morgan fingerprint density at radius 2 is 1.91 bits per heavy atom. The van der Waals surface area contributed by atoms with Crippen LogP contribution in [-0.4, -0.2) is 21.0 Å². The molecule has 1 aliphatic heterocycles. The van der Waals surface area contributed by atoms with E-state index in [0.717, 1.165) is 27.0 Å². The Balaban J connectivity index is 2.21. The van der Waals surface area contributed by atoms with E-state index in [0.29, 0.717) is 11.4 Å². The number of hydrogen-bond acceptors (Lipinski definition) is 3. The van der Waals surface area contributed by atoms with Crippen LogP contribution in [0.4, 0.5) is 11.4 Å². The number of anilines is 2. The van der Waals surface area contributed by atoms with E-state index < -0.39 is 10.0 Å². The molecule has 0 aromatic heterocycles. The molecule has 1 aliphatic rings. The fraction of sp³-hybridized carbons (Fsp3) is 0.294. The Morgan fingerprint density at radius 1 is 1.17 bits per heavy atom. The largest absolute Gasteiger partial charge is 0.381 e. The average molecular weight is 395 g/mol. The number of nitrogens with zero attached hydrogens (tertiary/aromatic N) is 1. The molecule has 3 rings (SSSR count). The number of aryl methyl sites for hydroxylation is 2. The van der Waals surface area contributed by atoms with Crippen molar-refractivity contribution in [3.63, 3.8) is 0 Å². The molecule has 0 spiro atoms. The van der Waals surface area contributed by atoms with Crippen LogP contribution in [0.5, 0.6) is 0 Å². The van der Waals surface area contributed by atoms with Gasteiger partial charge in [0, 0.05) is 11.0 Å². The molecule has 2 aromatic carbocycles. The molecule has 4 nitrogen and oxygen atoms in total. The van der Waals surface area contributed by atoms with Crippen molar-refractivity contribution in [2.75, 3.05) is 16.2 Å². The van der Waals surface area contributed by atoms with E-state index in [1.807, 2.05) is 45.0 Å². The first kappa shape index (κ1) is 16.3. The fourth-order valence-electron chi connectivity index (χ4n) is 3.02. The van der Waals surface area contributed by atoms with Crippen molar-refractivity contribution in [3.05, 3.63) is 52.0 Å². The van der Waals surface area contributed by atoms with E-state index in [1.54, 1.807) is 16.4 Å². The molecule has 1 N–H and O–H groups in total. The van der Waals surface area contributed by atoms with Crippen LogP contribution < -0.4 is 9.62 Å². The van der Waals surface area contributed by atoms with Crippen molar-refractivity contribution >= 4 is 37.3 Å². The quantitative estimate of drug-likeness (QED) is 0.834. The topological polar surface area (TPSA) is 49.4 Å². The first-order chi connectivity index (χ1) is 10.8. The highest BCUT2D eigenvalue weighted by molar-refractivity contribution is 9.10. The number of halogens is 1. The molecule has 0 fully saturated rings. The van der Waals surface area contributed by atoms with Crippen LogP contribution in [0.1, 0.15) is 18.1 Å². The molecule has 0 saturated heterocycles. The van der Waals surface area contributed by atoms with Gasteiger partial charge in [0.25, 0.3) is 10.0 Å². The molecule has 23 heavy (non-hydrogen) atoms. The summed E-state index contributed by atoms with van der Waals surface area (Å²) in [6.07, 6.45) is 0. The lowest BCUT2D eigenvalue weighted by Gasteiger charge is -2.38. The van der Waals surface area contributed by atoms with Gasteiger partial charge in [-0.3, -0.25) is 4.31 Å². The van der Waals surface area contributed by atoms with E-state index in [-0.39, 0.29) is 6.04 Å². The van der Waals surface area contributed by atoms with Crippen LogP contribution in [0.25, 0.3) is 0 Å². The summed E-state index contributed by atoms with van der Waals surface area (Å²) in [5.74, 6) is 0. The maximum absolute atomic E-state index is 13.3. The van der Waals surface area contributed by atoms with Gasteiger partial charge in [0.15, 0.2) is 0 Å². The maximum atomic E-state index is 13.3. The molecule has 0 saturated carbocycles. The van der Waals surface area contributed by atoms with Gasteiger partial charge in [-0.1, -0.05) is 28.1 Å². The minimum atomic E-state index is -3.62. The van der Waals surface area contributed by atoms with Crippen LogP contribution in [0.15, 0.2) is 45.8 Å². The smallest absolute Gasteiger partial charge is 0.264 e. The van der Waals surface area contributed by atoms with Crippen molar-refractivity contribution in [2.45, 2.75) is 31.7 Å². The molecule has 1 heterocycles. The molecule has 0 amide bonds. The Kier molecular flexibility index (Phi) is 4.14. The summed E-state index contributed by atoms with van der Waals surface area (Å²) >= 11 is 3.39. The molecule has 2 aromatic rings. The Labute approximate surface area is 145 Å². The number of hydrogen-bond donors (Lipinski definition) is 1. The molecular weight excluding hydrogens is 376 g/mol. The lowest BCUT2D eigenvalue weighted by Crippen LogP contribution is -2.46. The molecular formula is C17H19BrN2O2S. The molecule has 1 unspecified atom stereocenters. The third-order valence-corrected chi connectivity index (χ3v) is 6.69. The highest BCUT2D eigenvalue weighted by Crippen LogP contribution is 2.39. The minimum Gasteiger partial charge on any atom is -0.381 e. The van der Waals surface area contributed by atoms with Crippen molar-refractivity contribution in [2.24, 2.45) is 0 Å². The van der Waals surface area contributed by atoms with E-state index in [1.165, 1.54) is 0 Å². The molecule has 0 radical (unpaired) electrons. The summed E-state index contributed by atoms with van der Waals surface area (Å²) in [5.41, 5.74) is 3.29. The maximum Gasteiger partial charge on any atom is 0.264 e. The lowest BCUT2D eigenvalue weighted by atomic mass is 10.1. The van der Waals surface area contributed by atoms with Gasteiger partial charge in [-0.2, -0.15) is 0 Å². The third kappa shape index (κ3) is 2.74. The molecule has 6 heteroatoms. The van der Waals surface area contributed by atoms with Crippen LogP contribution in [0, 0.1) is 13.8 Å². The van der Waals surface area contributed by atoms with Crippen LogP contribution in [-0.2, 0) is 10.0 Å². The summed E-state index contributed by atoms with van der Waals surface area (Å²) in [4.78, 5) is 0.351. The predicted octanol–water partition coefficient (Wildman–Crippen LogP) is 4.08. The predicted molar refractivity (Wildman–Crippen MR) is 97.7 cm³/mol. The Hall–Kier alpha value is -1.53. The monoisotopic (exact) mass is 394 g/mol. The zero-order chi connectivity index (χ0) is 16.8. The van der Waals surface area contributed by atoms with Gasteiger partial charge in [0.05, 0.1) is 22.3 Å². The number of sulfonamides is 1. The zero-order valence-electron chi connectivity index (χ0n) is 13.3. The van der Waals surface area contributed by atoms with E-state index in [9.17, 15) is 8.42 Å². The van der Waals surface area contributed by atoms with Crippen LogP contribution >= 0.6 is 15.9 Å². The van der Waals surface area contributed by atoms with E-state index in [2.05, 4.69) is 21.2 Å². The summed E-state index contributed by atoms with van der Waals surface area (Å²) in [6, 6.07) is 10.9. The highest BCUT2D eigenvalue weighted by Gasteiger charge is 2.35. The first-order valence-electron chi connectivity index (χ1n) is 7.46. The highest BCUT2D eigenvalue weighted by atomic mass is 79.9. The average Bonchev–Trinajstić information content (AvgIpc) is 2.47. The first-order valence-corrected chi connectivity index (χ1v) is 9.70. The fourth-order valence-corrected chi connectivity index (χ4v) is 5.44. The van der Waals surface area contributed by atoms with Gasteiger partial charge in [0.2, 0.25) is 0 Å². The molecule has 0 bridgehead atoms. The van der Waals surface area contributed by atoms with Gasteiger partial charge in [-0.15, -0.1) is 0 Å². The van der Waals surface area contributed by atoms with Crippen molar-refractivity contribution in [1.82, 2.24) is 0 Å². The Bertz CT molecular complexity index is 865. The van der Waals surface area contributed by atoms with E-state index in [4.69, 9.17) is 0 Å². The number of nitrogens with one attached hydrogen (secondary N) is 1. The van der Waals surface area contributed by atoms with Gasteiger partial charge in [-0.25, -0.2) is 8.42 Å². The van der Waals surface area contributed by atoms with Crippen molar-refractivity contribution in [1.29, 1.82) is 0 Å². The second-order valence-corrected chi connectivity index (χ2v) is 8.61. The third-order valence-electron chi connectivity index (χ3n) is 4.12. The molecule has 122 valence electrons. The molecule has 1 atom stereocenters. The van der Waals surface area contributed by atoms with Gasteiger partial charge >= 0.3 is 0 Å². The number of para-hydroxylation sites is 1. The van der Waals surface area contributed by atoms with Gasteiger partial charge in [-0.05, 0) is 56.2 Å². The van der Waals surface area contributed by atoms with Crippen molar-refractivity contribution < 1.29 is 8.42 Å². The SMILES string of the molecule is Cc1cc(Br)ccc1S(=O)(=O)N1c2c(C)cccc2NCC1C. The van der Waals surface area contributed by atoms with Gasteiger partial charge < -0.3 is 5.32 Å². The number of fused-ring (bicyclic) bond motifs is 1. The summed E-state index contributed by atoms with van der Waals surface area (Å²) in [7, 11) is -3.62. The van der Waals surface area contributed by atoms with Crippen LogP contribution in [0.3, 0.4) is 0 Å². The summed E-state index contributed by atoms with van der Waals surface area (Å²) in [6.45, 7) is 6.28. The van der Waals surface area contributed by atoms with Crippen molar-refractivity contribution in [3.8, 4) is 0 Å².